The molecule has 0 aromatic heterocycles. The van der Waals surface area contributed by atoms with Gasteiger partial charge in [0.05, 0.1) is 12.3 Å². The molecule has 0 fully saturated rings. The minimum atomic E-state index is -0.353. The number of nitrogens with zero attached hydrogens (tertiary/aromatic N) is 1. The van der Waals surface area contributed by atoms with Gasteiger partial charge in [-0.25, -0.2) is 0 Å². The van der Waals surface area contributed by atoms with Crippen molar-refractivity contribution in [3.63, 3.8) is 0 Å². The average Bonchev–Trinajstić information content (AvgIpc) is 2.71. The minimum absolute atomic E-state index is 0.0711. The normalized spacial score (nSPS) is 23.5. The molecule has 0 aromatic rings. The molecule has 1 atom stereocenters. The molecule has 1 aliphatic heterocycles. The van der Waals surface area contributed by atoms with Crippen LogP contribution in [0.5, 0.6) is 0 Å². The Hall–Kier alpha value is -1.06. The highest BCUT2D eigenvalue weighted by molar-refractivity contribution is 5.91. The predicted octanol–water partition coefficient (Wildman–Crippen LogP) is 3.30. The summed E-state index contributed by atoms with van der Waals surface area (Å²) in [7, 11) is 0. The maximum Gasteiger partial charge on any atom is 0.305 e. The van der Waals surface area contributed by atoms with Gasteiger partial charge in [-0.2, -0.15) is 0 Å². The van der Waals surface area contributed by atoms with E-state index in [2.05, 4.69) is 25.9 Å². The molecule has 0 saturated heterocycles. The lowest BCUT2D eigenvalue weighted by molar-refractivity contribution is -0.144. The monoisotopic (exact) mass is 255 g/mol. The molecule has 0 aromatic carbocycles. The van der Waals surface area contributed by atoms with Crippen molar-refractivity contribution in [3.05, 3.63) is 0 Å². The van der Waals surface area contributed by atoms with E-state index in [9.17, 15) is 4.79 Å². The van der Waals surface area contributed by atoms with Crippen LogP contribution in [0.1, 0.15) is 60.3 Å². The quantitative estimate of drug-likeness (QED) is 0.684. The highest BCUT2D eigenvalue weighted by Crippen LogP contribution is 2.36. The molecule has 0 N–H and O–H groups in total. The molecule has 18 heavy (non-hydrogen) atoms. The fourth-order valence-corrected chi connectivity index (χ4v) is 1.88. The molecular weight excluding hydrogens is 230 g/mol. The molecule has 0 aliphatic carbocycles. The van der Waals surface area contributed by atoms with Crippen molar-refractivity contribution in [2.75, 3.05) is 6.61 Å². The Morgan fingerprint density at radius 3 is 2.72 bits per heavy atom. The van der Waals surface area contributed by atoms with Crippen molar-refractivity contribution in [1.29, 1.82) is 0 Å². The molecule has 1 unspecified atom stereocenters. The Bertz CT molecular complexity index is 336. The summed E-state index contributed by atoms with van der Waals surface area (Å²) in [5.74, 6) is -0.162. The van der Waals surface area contributed by atoms with Crippen molar-refractivity contribution in [2.45, 2.75) is 65.9 Å². The van der Waals surface area contributed by atoms with Gasteiger partial charge in [0.1, 0.15) is 5.60 Å². The van der Waals surface area contributed by atoms with Gasteiger partial charge in [0.15, 0.2) is 0 Å². The molecule has 0 bridgehead atoms. The van der Waals surface area contributed by atoms with Crippen LogP contribution in [0.3, 0.4) is 0 Å². The summed E-state index contributed by atoms with van der Waals surface area (Å²) >= 11 is 0. The molecule has 4 nitrogen and oxygen atoms in total. The second-order valence-corrected chi connectivity index (χ2v) is 5.80. The molecule has 4 heteroatoms. The standard InChI is InChI=1S/C14H25NO3/c1-6-13(3,4)11-10-14(5,18-15-11)9-8-12(16)17-7-2/h6-10H2,1-5H3. The lowest BCUT2D eigenvalue weighted by Crippen LogP contribution is -2.30. The molecule has 0 radical (unpaired) electrons. The first kappa shape index (κ1) is 15.0. The number of rotatable bonds is 6. The van der Waals surface area contributed by atoms with Gasteiger partial charge in [-0.1, -0.05) is 25.9 Å². The van der Waals surface area contributed by atoms with Gasteiger partial charge in [0.25, 0.3) is 0 Å². The van der Waals surface area contributed by atoms with Crippen LogP contribution in [0.4, 0.5) is 0 Å². The molecule has 0 spiro atoms. The molecule has 0 saturated carbocycles. The zero-order valence-corrected chi connectivity index (χ0v) is 12.2. The summed E-state index contributed by atoms with van der Waals surface area (Å²) in [6.07, 6.45) is 2.87. The first-order chi connectivity index (χ1) is 8.33. The highest BCUT2D eigenvalue weighted by atomic mass is 16.7. The minimum Gasteiger partial charge on any atom is -0.466 e. The number of carbonyl (C=O) groups excluding carboxylic acids is 1. The topological polar surface area (TPSA) is 47.9 Å². The van der Waals surface area contributed by atoms with Gasteiger partial charge >= 0.3 is 5.97 Å². The van der Waals surface area contributed by atoms with Gasteiger partial charge in [-0.3, -0.25) is 4.79 Å². The Morgan fingerprint density at radius 1 is 1.50 bits per heavy atom. The summed E-state index contributed by atoms with van der Waals surface area (Å²) < 4.78 is 4.93. The maximum atomic E-state index is 11.4. The van der Waals surface area contributed by atoms with Crippen LogP contribution in [0.25, 0.3) is 0 Å². The smallest absolute Gasteiger partial charge is 0.305 e. The fraction of sp³-hybridized carbons (Fsp3) is 0.857. The summed E-state index contributed by atoms with van der Waals surface area (Å²) in [6.45, 7) is 10.8. The van der Waals surface area contributed by atoms with Crippen molar-refractivity contribution >= 4 is 11.7 Å². The SMILES string of the molecule is CCOC(=O)CCC1(C)CC(C(C)(C)CC)=NO1. The Labute approximate surface area is 110 Å². The van der Waals surface area contributed by atoms with Gasteiger partial charge in [-0.05, 0) is 20.3 Å². The van der Waals surface area contributed by atoms with Gasteiger partial charge in [0, 0.05) is 24.7 Å². The Balaban J connectivity index is 2.49. The van der Waals surface area contributed by atoms with Crippen LogP contribution in [0.2, 0.25) is 0 Å². The van der Waals surface area contributed by atoms with Gasteiger partial charge in [-0.15, -0.1) is 0 Å². The lowest BCUT2D eigenvalue weighted by Gasteiger charge is -2.24. The molecule has 1 heterocycles. The highest BCUT2D eigenvalue weighted by Gasteiger charge is 2.39. The van der Waals surface area contributed by atoms with Crippen LogP contribution in [0, 0.1) is 5.41 Å². The van der Waals surface area contributed by atoms with E-state index in [0.717, 1.165) is 18.6 Å². The van der Waals surface area contributed by atoms with Crippen molar-refractivity contribution < 1.29 is 14.4 Å². The molecule has 1 rings (SSSR count). The number of hydrogen-bond donors (Lipinski definition) is 0. The van der Waals surface area contributed by atoms with Crippen molar-refractivity contribution in [2.24, 2.45) is 10.6 Å². The van der Waals surface area contributed by atoms with E-state index in [1.54, 1.807) is 0 Å². The van der Waals surface area contributed by atoms with Crippen LogP contribution in [0.15, 0.2) is 5.16 Å². The summed E-state index contributed by atoms with van der Waals surface area (Å²) in [5.41, 5.74) is 0.812. The third-order valence-electron chi connectivity index (χ3n) is 3.75. The molecule has 1 aliphatic rings. The van der Waals surface area contributed by atoms with E-state index < -0.39 is 0 Å². The lowest BCUT2D eigenvalue weighted by atomic mass is 9.79. The Kier molecular flexibility index (Phi) is 4.77. The fourth-order valence-electron chi connectivity index (χ4n) is 1.88. The zero-order chi connectivity index (χ0) is 13.8. The second kappa shape index (κ2) is 5.72. The average molecular weight is 255 g/mol. The number of ether oxygens (including phenoxy) is 1. The predicted molar refractivity (Wildman–Crippen MR) is 71.5 cm³/mol. The molecular formula is C14H25NO3. The van der Waals surface area contributed by atoms with E-state index in [1.807, 2.05) is 13.8 Å². The first-order valence-electron chi connectivity index (χ1n) is 6.74. The van der Waals surface area contributed by atoms with Crippen molar-refractivity contribution in [3.8, 4) is 0 Å². The van der Waals surface area contributed by atoms with E-state index >= 15 is 0 Å². The van der Waals surface area contributed by atoms with E-state index in [4.69, 9.17) is 9.57 Å². The Morgan fingerprint density at radius 2 is 2.17 bits per heavy atom. The van der Waals surface area contributed by atoms with E-state index in [-0.39, 0.29) is 17.0 Å². The molecule has 0 amide bonds. The third-order valence-corrected chi connectivity index (χ3v) is 3.75. The van der Waals surface area contributed by atoms with Crippen LogP contribution >= 0.6 is 0 Å². The van der Waals surface area contributed by atoms with Crippen LogP contribution < -0.4 is 0 Å². The maximum absolute atomic E-state index is 11.4. The van der Waals surface area contributed by atoms with E-state index in [0.29, 0.717) is 19.4 Å². The third kappa shape index (κ3) is 3.72. The number of carbonyl (C=O) groups is 1. The summed E-state index contributed by atoms with van der Waals surface area (Å²) in [5, 5.41) is 4.22. The van der Waals surface area contributed by atoms with Gasteiger partial charge < -0.3 is 9.57 Å². The van der Waals surface area contributed by atoms with Crippen LogP contribution in [-0.2, 0) is 14.4 Å². The number of oxime groups is 1. The summed E-state index contributed by atoms with van der Waals surface area (Å²) in [6, 6.07) is 0. The first-order valence-corrected chi connectivity index (χ1v) is 6.74. The largest absolute Gasteiger partial charge is 0.466 e. The number of hydrogen-bond acceptors (Lipinski definition) is 4. The summed E-state index contributed by atoms with van der Waals surface area (Å²) in [4.78, 5) is 16.9. The molecule has 104 valence electrons. The van der Waals surface area contributed by atoms with Crippen molar-refractivity contribution in [1.82, 2.24) is 0 Å². The van der Waals surface area contributed by atoms with Gasteiger partial charge in [0.2, 0.25) is 0 Å². The van der Waals surface area contributed by atoms with Crippen LogP contribution in [-0.4, -0.2) is 23.9 Å². The zero-order valence-electron chi connectivity index (χ0n) is 12.2. The number of esters is 1. The van der Waals surface area contributed by atoms with E-state index in [1.165, 1.54) is 0 Å². The second-order valence-electron chi connectivity index (χ2n) is 5.80.